The molecule has 0 unspecified atom stereocenters. The van der Waals surface area contributed by atoms with Gasteiger partial charge in [-0.05, 0) is 37.6 Å². The number of pyridine rings is 1. The first-order valence-electron chi connectivity index (χ1n) is 6.87. The number of ketones is 1. The Morgan fingerprint density at radius 3 is 2.57 bits per heavy atom. The Balaban J connectivity index is 2.37. The van der Waals surface area contributed by atoms with E-state index in [2.05, 4.69) is 4.98 Å². The predicted octanol–water partition coefficient (Wildman–Crippen LogP) is 3.15. The largest absolute Gasteiger partial charge is 0.294 e. The summed E-state index contributed by atoms with van der Waals surface area (Å²) in [6, 6.07) is 5.80. The molecule has 23 heavy (non-hydrogen) atoms. The van der Waals surface area contributed by atoms with Crippen molar-refractivity contribution in [2.75, 3.05) is 0 Å². The van der Waals surface area contributed by atoms with E-state index in [1.807, 2.05) is 0 Å². The van der Waals surface area contributed by atoms with E-state index in [1.54, 1.807) is 19.2 Å². The van der Waals surface area contributed by atoms with Crippen LogP contribution in [0.3, 0.4) is 0 Å². The van der Waals surface area contributed by atoms with E-state index in [4.69, 9.17) is 0 Å². The molecule has 0 aliphatic heterocycles. The molecule has 3 aromatic rings. The van der Waals surface area contributed by atoms with E-state index < -0.39 is 17.2 Å². The standard InChI is InChI=1S/C17H12F2N2O2/c1-9-5-13(10(2)22)17-20-15(7-16(23)21(17)8-9)12-4-3-11(18)6-14(12)19/h3-8H,1-2H3. The minimum Gasteiger partial charge on any atom is -0.294 e. The summed E-state index contributed by atoms with van der Waals surface area (Å²) in [6.45, 7) is 3.12. The zero-order valence-corrected chi connectivity index (χ0v) is 12.4. The maximum absolute atomic E-state index is 13.9. The fourth-order valence-corrected chi connectivity index (χ4v) is 2.43. The number of halogens is 2. The molecule has 0 aliphatic carbocycles. The summed E-state index contributed by atoms with van der Waals surface area (Å²) in [5.41, 5.74) is 0.757. The van der Waals surface area contributed by atoms with Crippen LogP contribution < -0.4 is 5.56 Å². The van der Waals surface area contributed by atoms with E-state index in [0.29, 0.717) is 0 Å². The molecule has 0 bridgehead atoms. The van der Waals surface area contributed by atoms with Crippen LogP contribution >= 0.6 is 0 Å². The first kappa shape index (κ1) is 15.0. The number of Topliss-reactive ketones (excluding diaryl/α,β-unsaturated/α-hetero) is 1. The normalized spacial score (nSPS) is 11.0. The van der Waals surface area contributed by atoms with Crippen LogP contribution in [0.5, 0.6) is 0 Å². The van der Waals surface area contributed by atoms with Crippen molar-refractivity contribution in [2.24, 2.45) is 0 Å². The summed E-state index contributed by atoms with van der Waals surface area (Å²) in [4.78, 5) is 28.3. The van der Waals surface area contributed by atoms with Gasteiger partial charge in [-0.15, -0.1) is 0 Å². The highest BCUT2D eigenvalue weighted by atomic mass is 19.1. The number of fused-ring (bicyclic) bond motifs is 1. The number of hydrogen-bond donors (Lipinski definition) is 0. The van der Waals surface area contributed by atoms with Gasteiger partial charge in [0.05, 0.1) is 11.3 Å². The highest BCUT2D eigenvalue weighted by molar-refractivity contribution is 6.00. The molecule has 3 rings (SSSR count). The molecule has 0 N–H and O–H groups in total. The third-order valence-electron chi connectivity index (χ3n) is 3.48. The highest BCUT2D eigenvalue weighted by Crippen LogP contribution is 2.22. The van der Waals surface area contributed by atoms with Crippen LogP contribution in [0.15, 0.2) is 41.3 Å². The monoisotopic (exact) mass is 314 g/mol. The Labute approximate surface area is 130 Å². The second-order valence-corrected chi connectivity index (χ2v) is 5.28. The number of hydrogen-bond acceptors (Lipinski definition) is 3. The van der Waals surface area contributed by atoms with Crippen LogP contribution in [0.1, 0.15) is 22.8 Å². The van der Waals surface area contributed by atoms with E-state index in [0.717, 1.165) is 23.8 Å². The molecule has 0 saturated heterocycles. The van der Waals surface area contributed by atoms with Crippen molar-refractivity contribution in [1.29, 1.82) is 0 Å². The lowest BCUT2D eigenvalue weighted by Crippen LogP contribution is -2.17. The molecule has 116 valence electrons. The summed E-state index contributed by atoms with van der Waals surface area (Å²) in [7, 11) is 0. The third kappa shape index (κ3) is 2.63. The van der Waals surface area contributed by atoms with Crippen molar-refractivity contribution in [3.63, 3.8) is 0 Å². The Kier molecular flexibility index (Phi) is 3.52. The zero-order chi connectivity index (χ0) is 16.7. The fourth-order valence-electron chi connectivity index (χ4n) is 2.43. The molecule has 0 spiro atoms. The molecule has 4 nitrogen and oxygen atoms in total. The molecule has 0 radical (unpaired) electrons. The van der Waals surface area contributed by atoms with Crippen molar-refractivity contribution in [1.82, 2.24) is 9.38 Å². The molecule has 0 aliphatic rings. The van der Waals surface area contributed by atoms with Crippen molar-refractivity contribution < 1.29 is 13.6 Å². The maximum atomic E-state index is 13.9. The Morgan fingerprint density at radius 2 is 1.91 bits per heavy atom. The second-order valence-electron chi connectivity index (χ2n) is 5.28. The number of aryl methyl sites for hydroxylation is 1. The van der Waals surface area contributed by atoms with E-state index in [1.165, 1.54) is 17.4 Å². The number of aromatic nitrogens is 2. The van der Waals surface area contributed by atoms with Gasteiger partial charge in [-0.3, -0.25) is 14.0 Å². The zero-order valence-electron chi connectivity index (χ0n) is 12.4. The Morgan fingerprint density at radius 1 is 1.17 bits per heavy atom. The third-order valence-corrected chi connectivity index (χ3v) is 3.48. The quantitative estimate of drug-likeness (QED) is 0.683. The summed E-state index contributed by atoms with van der Waals surface area (Å²) >= 11 is 0. The van der Waals surface area contributed by atoms with Crippen LogP contribution in [0.2, 0.25) is 0 Å². The van der Waals surface area contributed by atoms with Gasteiger partial charge in [-0.25, -0.2) is 13.8 Å². The van der Waals surface area contributed by atoms with Crippen LogP contribution in [-0.2, 0) is 0 Å². The first-order chi connectivity index (χ1) is 10.9. The lowest BCUT2D eigenvalue weighted by atomic mass is 10.1. The molecule has 0 amide bonds. The molecule has 0 saturated carbocycles. The molecular formula is C17H12F2N2O2. The minimum absolute atomic E-state index is 0.000997. The summed E-state index contributed by atoms with van der Waals surface area (Å²) < 4.78 is 28.2. The second kappa shape index (κ2) is 5.39. The van der Waals surface area contributed by atoms with Gasteiger partial charge in [-0.1, -0.05) is 0 Å². The summed E-state index contributed by atoms with van der Waals surface area (Å²) in [5.74, 6) is -1.80. The maximum Gasteiger partial charge on any atom is 0.258 e. The lowest BCUT2D eigenvalue weighted by molar-refractivity contribution is 0.101. The van der Waals surface area contributed by atoms with E-state index >= 15 is 0 Å². The van der Waals surface area contributed by atoms with Gasteiger partial charge >= 0.3 is 0 Å². The summed E-state index contributed by atoms with van der Waals surface area (Å²) in [5, 5.41) is 0. The average molecular weight is 314 g/mol. The Hall–Kier alpha value is -2.89. The van der Waals surface area contributed by atoms with Crippen molar-refractivity contribution in [2.45, 2.75) is 13.8 Å². The lowest BCUT2D eigenvalue weighted by Gasteiger charge is -2.09. The molecular weight excluding hydrogens is 302 g/mol. The number of carbonyl (C=O) groups excluding carboxylic acids is 1. The number of carbonyl (C=O) groups is 1. The first-order valence-corrected chi connectivity index (χ1v) is 6.87. The van der Waals surface area contributed by atoms with Gasteiger partial charge in [-0.2, -0.15) is 0 Å². The van der Waals surface area contributed by atoms with Crippen LogP contribution in [0, 0.1) is 18.6 Å². The topological polar surface area (TPSA) is 51.4 Å². The predicted molar refractivity (Wildman–Crippen MR) is 81.6 cm³/mol. The summed E-state index contributed by atoms with van der Waals surface area (Å²) in [6.07, 6.45) is 1.56. The molecule has 2 heterocycles. The van der Waals surface area contributed by atoms with Crippen molar-refractivity contribution in [3.8, 4) is 11.3 Å². The molecule has 6 heteroatoms. The number of benzene rings is 1. The fraction of sp³-hybridized carbons (Fsp3) is 0.118. The van der Waals surface area contributed by atoms with Gasteiger partial charge in [0.15, 0.2) is 11.4 Å². The van der Waals surface area contributed by atoms with Crippen LogP contribution in [0.25, 0.3) is 16.9 Å². The Bertz CT molecular complexity index is 1010. The van der Waals surface area contributed by atoms with Gasteiger partial charge in [0.1, 0.15) is 11.6 Å². The molecule has 2 aromatic heterocycles. The number of rotatable bonds is 2. The molecule has 0 atom stereocenters. The van der Waals surface area contributed by atoms with Crippen molar-refractivity contribution >= 4 is 11.4 Å². The molecule has 0 fully saturated rings. The van der Waals surface area contributed by atoms with Crippen molar-refractivity contribution in [3.05, 3.63) is 69.6 Å². The van der Waals surface area contributed by atoms with Crippen LogP contribution in [-0.4, -0.2) is 15.2 Å². The average Bonchev–Trinajstić information content (AvgIpc) is 2.47. The molecule has 1 aromatic carbocycles. The van der Waals surface area contributed by atoms with Crippen LogP contribution in [0.4, 0.5) is 8.78 Å². The minimum atomic E-state index is -0.822. The number of nitrogens with zero attached hydrogens (tertiary/aromatic N) is 2. The van der Waals surface area contributed by atoms with Gasteiger partial charge in [0, 0.05) is 23.9 Å². The van der Waals surface area contributed by atoms with Gasteiger partial charge in [0.25, 0.3) is 5.56 Å². The highest BCUT2D eigenvalue weighted by Gasteiger charge is 2.14. The van der Waals surface area contributed by atoms with Gasteiger partial charge in [0.2, 0.25) is 0 Å². The van der Waals surface area contributed by atoms with Gasteiger partial charge < -0.3 is 0 Å². The SMILES string of the molecule is CC(=O)c1cc(C)cn2c(=O)cc(-c3ccc(F)cc3F)nc12. The van der Waals surface area contributed by atoms with E-state index in [-0.39, 0.29) is 28.3 Å². The van der Waals surface area contributed by atoms with E-state index in [9.17, 15) is 18.4 Å². The smallest absolute Gasteiger partial charge is 0.258 e.